The minimum Gasteiger partial charge on any atom is -0.496 e. The molecule has 2 aromatic carbocycles. The Labute approximate surface area is 126 Å². The predicted octanol–water partition coefficient (Wildman–Crippen LogP) is 4.04. The Morgan fingerprint density at radius 1 is 1.19 bits per heavy atom. The summed E-state index contributed by atoms with van der Waals surface area (Å²) in [5.74, 6) is 0.480. The molecule has 0 aromatic heterocycles. The molecule has 0 amide bonds. The van der Waals surface area contributed by atoms with Gasteiger partial charge in [-0.15, -0.1) is 0 Å². The van der Waals surface area contributed by atoms with Crippen LogP contribution in [0.3, 0.4) is 0 Å². The lowest BCUT2D eigenvalue weighted by Gasteiger charge is -2.21. The molecule has 0 aliphatic carbocycles. The molecule has 0 saturated heterocycles. The molecule has 0 aliphatic rings. The van der Waals surface area contributed by atoms with Gasteiger partial charge < -0.3 is 10.1 Å². The molecule has 1 unspecified atom stereocenters. The van der Waals surface area contributed by atoms with Gasteiger partial charge in [0.25, 0.3) is 0 Å². The summed E-state index contributed by atoms with van der Waals surface area (Å²) in [5, 5.41) is 3.42. The first-order valence-electron chi connectivity index (χ1n) is 7.26. The van der Waals surface area contributed by atoms with Crippen molar-refractivity contribution in [2.45, 2.75) is 26.3 Å². The molecule has 0 spiro atoms. The van der Waals surface area contributed by atoms with Gasteiger partial charge in [0.1, 0.15) is 11.6 Å². The molecule has 0 aliphatic heterocycles. The number of ether oxygens (including phenoxy) is 1. The largest absolute Gasteiger partial charge is 0.496 e. The lowest BCUT2D eigenvalue weighted by atomic mass is 9.97. The Morgan fingerprint density at radius 3 is 2.67 bits per heavy atom. The van der Waals surface area contributed by atoms with Crippen molar-refractivity contribution < 1.29 is 9.13 Å². The molecule has 2 nitrogen and oxygen atoms in total. The summed E-state index contributed by atoms with van der Waals surface area (Å²) in [6.07, 6.45) is 0.801. The van der Waals surface area contributed by atoms with Crippen LogP contribution in [0.1, 0.15) is 29.7 Å². The molecule has 3 heteroatoms. The van der Waals surface area contributed by atoms with Crippen molar-refractivity contribution in [1.82, 2.24) is 5.32 Å². The first-order valence-corrected chi connectivity index (χ1v) is 7.26. The summed E-state index contributed by atoms with van der Waals surface area (Å²) in [5.41, 5.74) is 3.32. The van der Waals surface area contributed by atoms with Crippen LogP contribution in [0.5, 0.6) is 5.75 Å². The molecule has 1 N–H and O–H groups in total. The molecule has 21 heavy (non-hydrogen) atoms. The average Bonchev–Trinajstić information content (AvgIpc) is 2.47. The van der Waals surface area contributed by atoms with Gasteiger partial charge in [0, 0.05) is 11.6 Å². The van der Waals surface area contributed by atoms with E-state index in [0.717, 1.165) is 24.3 Å². The molecule has 0 saturated carbocycles. The monoisotopic (exact) mass is 287 g/mol. The average molecular weight is 287 g/mol. The standard InChI is InChI=1S/C18H22FNO/c1-4-20-17(11-14-7-5-6-13(2)10-14)16-12-15(19)8-9-18(16)21-3/h5-10,12,17,20H,4,11H2,1-3H3. The molecule has 0 fully saturated rings. The zero-order chi connectivity index (χ0) is 15.2. The topological polar surface area (TPSA) is 21.3 Å². The Balaban J connectivity index is 2.32. The summed E-state index contributed by atoms with van der Waals surface area (Å²) >= 11 is 0. The van der Waals surface area contributed by atoms with E-state index in [1.165, 1.54) is 17.2 Å². The predicted molar refractivity (Wildman–Crippen MR) is 84.3 cm³/mol. The highest BCUT2D eigenvalue weighted by Gasteiger charge is 2.17. The van der Waals surface area contributed by atoms with Gasteiger partial charge in [-0.3, -0.25) is 0 Å². The Kier molecular flexibility index (Phi) is 5.34. The van der Waals surface area contributed by atoms with Crippen LogP contribution < -0.4 is 10.1 Å². The van der Waals surface area contributed by atoms with Crippen LogP contribution in [0, 0.1) is 12.7 Å². The number of methoxy groups -OCH3 is 1. The molecule has 112 valence electrons. The van der Waals surface area contributed by atoms with Crippen LogP contribution in [-0.4, -0.2) is 13.7 Å². The molecule has 0 radical (unpaired) electrons. The van der Waals surface area contributed by atoms with Crippen molar-refractivity contribution in [3.05, 3.63) is 65.0 Å². The minimum absolute atomic E-state index is 0.0300. The van der Waals surface area contributed by atoms with Gasteiger partial charge in [-0.25, -0.2) is 4.39 Å². The van der Waals surface area contributed by atoms with Crippen LogP contribution in [0.25, 0.3) is 0 Å². The Hall–Kier alpha value is -1.87. The maximum absolute atomic E-state index is 13.6. The van der Waals surface area contributed by atoms with Crippen molar-refractivity contribution in [3.8, 4) is 5.75 Å². The van der Waals surface area contributed by atoms with Crippen LogP contribution in [0.15, 0.2) is 42.5 Å². The number of hydrogen-bond donors (Lipinski definition) is 1. The lowest BCUT2D eigenvalue weighted by molar-refractivity contribution is 0.397. The number of aryl methyl sites for hydroxylation is 1. The summed E-state index contributed by atoms with van der Waals surface area (Å²) in [6.45, 7) is 4.94. The van der Waals surface area contributed by atoms with E-state index in [1.807, 2.05) is 0 Å². The van der Waals surface area contributed by atoms with E-state index in [1.54, 1.807) is 19.2 Å². The quantitative estimate of drug-likeness (QED) is 0.866. The highest BCUT2D eigenvalue weighted by Crippen LogP contribution is 2.28. The van der Waals surface area contributed by atoms with Gasteiger partial charge in [-0.1, -0.05) is 36.8 Å². The smallest absolute Gasteiger partial charge is 0.123 e. The molecule has 2 rings (SSSR count). The van der Waals surface area contributed by atoms with Crippen molar-refractivity contribution in [2.24, 2.45) is 0 Å². The van der Waals surface area contributed by atoms with E-state index in [0.29, 0.717) is 0 Å². The molecule has 1 atom stereocenters. The number of nitrogens with one attached hydrogen (secondary N) is 1. The SMILES string of the molecule is CCNC(Cc1cccc(C)c1)c1cc(F)ccc1OC. The fraction of sp³-hybridized carbons (Fsp3) is 0.333. The third-order valence-corrected chi connectivity index (χ3v) is 3.54. The van der Waals surface area contributed by atoms with Crippen molar-refractivity contribution in [2.75, 3.05) is 13.7 Å². The summed E-state index contributed by atoms with van der Waals surface area (Å²) < 4.78 is 19.0. The third kappa shape index (κ3) is 4.05. The van der Waals surface area contributed by atoms with Crippen molar-refractivity contribution in [3.63, 3.8) is 0 Å². The normalized spacial score (nSPS) is 12.2. The van der Waals surface area contributed by atoms with E-state index >= 15 is 0 Å². The van der Waals surface area contributed by atoms with E-state index < -0.39 is 0 Å². The van der Waals surface area contributed by atoms with Crippen LogP contribution >= 0.6 is 0 Å². The third-order valence-electron chi connectivity index (χ3n) is 3.54. The molecule has 0 bridgehead atoms. The fourth-order valence-electron chi connectivity index (χ4n) is 2.59. The Morgan fingerprint density at radius 2 is 2.00 bits per heavy atom. The number of halogens is 1. The zero-order valence-electron chi connectivity index (χ0n) is 12.8. The van der Waals surface area contributed by atoms with Gasteiger partial charge in [-0.2, -0.15) is 0 Å². The second-order valence-electron chi connectivity index (χ2n) is 5.19. The van der Waals surface area contributed by atoms with Gasteiger partial charge in [-0.05, 0) is 43.7 Å². The Bertz CT molecular complexity index is 598. The van der Waals surface area contributed by atoms with Gasteiger partial charge >= 0.3 is 0 Å². The van der Waals surface area contributed by atoms with Crippen LogP contribution in [0.4, 0.5) is 4.39 Å². The summed E-state index contributed by atoms with van der Waals surface area (Å²) in [4.78, 5) is 0. The number of rotatable bonds is 6. The maximum atomic E-state index is 13.6. The first kappa shape index (κ1) is 15.5. The van der Waals surface area contributed by atoms with Crippen molar-refractivity contribution >= 4 is 0 Å². The van der Waals surface area contributed by atoms with Crippen molar-refractivity contribution in [1.29, 1.82) is 0 Å². The number of hydrogen-bond acceptors (Lipinski definition) is 2. The fourth-order valence-corrected chi connectivity index (χ4v) is 2.59. The van der Waals surface area contributed by atoms with Crippen LogP contribution in [0.2, 0.25) is 0 Å². The van der Waals surface area contributed by atoms with E-state index in [-0.39, 0.29) is 11.9 Å². The zero-order valence-corrected chi connectivity index (χ0v) is 12.8. The number of benzene rings is 2. The molecule has 0 heterocycles. The minimum atomic E-state index is -0.238. The second-order valence-corrected chi connectivity index (χ2v) is 5.19. The molecular formula is C18H22FNO. The second kappa shape index (κ2) is 7.23. The van der Waals surface area contributed by atoms with Gasteiger partial charge in [0.05, 0.1) is 7.11 Å². The lowest BCUT2D eigenvalue weighted by Crippen LogP contribution is -2.23. The first-order chi connectivity index (χ1) is 10.1. The highest BCUT2D eigenvalue weighted by molar-refractivity contribution is 5.38. The highest BCUT2D eigenvalue weighted by atomic mass is 19.1. The van der Waals surface area contributed by atoms with E-state index in [9.17, 15) is 4.39 Å². The maximum Gasteiger partial charge on any atom is 0.123 e. The van der Waals surface area contributed by atoms with Crippen LogP contribution in [-0.2, 0) is 6.42 Å². The van der Waals surface area contributed by atoms with Gasteiger partial charge in [0.15, 0.2) is 0 Å². The van der Waals surface area contributed by atoms with E-state index in [2.05, 4.69) is 43.4 Å². The number of likely N-dealkylation sites (N-methyl/N-ethyl adjacent to an activating group) is 1. The summed E-state index contributed by atoms with van der Waals surface area (Å²) in [7, 11) is 1.62. The van der Waals surface area contributed by atoms with E-state index in [4.69, 9.17) is 4.74 Å². The summed E-state index contributed by atoms with van der Waals surface area (Å²) in [6, 6.07) is 13.1. The van der Waals surface area contributed by atoms with Gasteiger partial charge in [0.2, 0.25) is 0 Å². The molecular weight excluding hydrogens is 265 g/mol. The molecule has 2 aromatic rings.